The molecule has 0 aromatic heterocycles. The average Bonchev–Trinajstić information content (AvgIpc) is 2.51. The molecule has 3 amide bonds. The topological polar surface area (TPSA) is 70.2 Å². The molecule has 2 aromatic rings. The van der Waals surface area contributed by atoms with Gasteiger partial charge in [0.2, 0.25) is 5.91 Å². The first kappa shape index (κ1) is 15.5. The molecule has 0 aliphatic carbocycles. The van der Waals surface area contributed by atoms with Crippen molar-refractivity contribution in [2.24, 2.45) is 0 Å². The van der Waals surface area contributed by atoms with Crippen LogP contribution in [0, 0.1) is 5.82 Å². The number of amides is 3. The highest BCUT2D eigenvalue weighted by molar-refractivity contribution is 5.99. The molecule has 0 heterocycles. The van der Waals surface area contributed by atoms with Crippen LogP contribution in [0.15, 0.2) is 48.5 Å². The smallest absolute Gasteiger partial charge is 0.323 e. The van der Waals surface area contributed by atoms with E-state index in [4.69, 9.17) is 0 Å². The highest BCUT2D eigenvalue weighted by Crippen LogP contribution is 2.12. The quantitative estimate of drug-likeness (QED) is 0.812. The Morgan fingerprint density at radius 2 is 1.41 bits per heavy atom. The zero-order valence-corrected chi connectivity index (χ0v) is 12.0. The van der Waals surface area contributed by atoms with Crippen LogP contribution in [0.25, 0.3) is 0 Å². The second-order valence-corrected chi connectivity index (χ2v) is 4.63. The molecule has 2 rings (SSSR count). The van der Waals surface area contributed by atoms with Gasteiger partial charge < -0.3 is 16.0 Å². The maximum absolute atomic E-state index is 12.8. The van der Waals surface area contributed by atoms with Crippen LogP contribution in [0.3, 0.4) is 0 Å². The normalized spacial score (nSPS) is 9.91. The van der Waals surface area contributed by atoms with Gasteiger partial charge in [0.15, 0.2) is 0 Å². The van der Waals surface area contributed by atoms with Crippen LogP contribution in [0.1, 0.15) is 5.56 Å². The molecular weight excluding hydrogens is 285 g/mol. The Morgan fingerprint density at radius 3 is 1.91 bits per heavy atom. The third kappa shape index (κ3) is 4.59. The minimum atomic E-state index is -0.425. The summed E-state index contributed by atoms with van der Waals surface area (Å²) in [5.41, 5.74) is 1.94. The molecule has 2 aromatic carbocycles. The number of urea groups is 1. The summed E-state index contributed by atoms with van der Waals surface area (Å²) < 4.78 is 12.8. The Hall–Kier alpha value is -2.89. The lowest BCUT2D eigenvalue weighted by atomic mass is 10.1. The maximum Gasteiger partial charge on any atom is 0.323 e. The van der Waals surface area contributed by atoms with Crippen molar-refractivity contribution in [3.63, 3.8) is 0 Å². The molecule has 0 unspecified atom stereocenters. The molecule has 0 saturated carbocycles. The van der Waals surface area contributed by atoms with Gasteiger partial charge in [0.25, 0.3) is 0 Å². The average molecular weight is 301 g/mol. The lowest BCUT2D eigenvalue weighted by Crippen LogP contribution is -2.20. The molecule has 114 valence electrons. The number of halogens is 1. The van der Waals surface area contributed by atoms with Crippen LogP contribution >= 0.6 is 0 Å². The molecular formula is C16H16FN3O2. The minimum Gasteiger partial charge on any atom is -0.359 e. The van der Waals surface area contributed by atoms with Crippen molar-refractivity contribution in [1.82, 2.24) is 5.32 Å². The molecule has 0 saturated heterocycles. The summed E-state index contributed by atoms with van der Waals surface area (Å²) in [4.78, 5) is 23.0. The van der Waals surface area contributed by atoms with Gasteiger partial charge in [-0.3, -0.25) is 4.79 Å². The van der Waals surface area contributed by atoms with Crippen molar-refractivity contribution in [2.45, 2.75) is 6.42 Å². The van der Waals surface area contributed by atoms with Crippen LogP contribution in [0.5, 0.6) is 0 Å². The van der Waals surface area contributed by atoms with Crippen molar-refractivity contribution >= 4 is 23.3 Å². The number of likely N-dealkylation sites (N-methyl/N-ethyl adjacent to an activating group) is 1. The fourth-order valence-electron chi connectivity index (χ4n) is 1.81. The molecule has 3 N–H and O–H groups in total. The number of nitrogens with one attached hydrogen (secondary N) is 3. The lowest BCUT2D eigenvalue weighted by molar-refractivity contribution is -0.119. The largest absolute Gasteiger partial charge is 0.359 e. The van der Waals surface area contributed by atoms with Crippen LogP contribution < -0.4 is 16.0 Å². The monoisotopic (exact) mass is 301 g/mol. The van der Waals surface area contributed by atoms with Gasteiger partial charge in [0, 0.05) is 18.4 Å². The Labute approximate surface area is 127 Å². The standard InChI is InChI=1S/C16H16FN3O2/c1-18-15(21)10-11-2-6-13(7-3-11)19-16(22)20-14-8-4-12(17)5-9-14/h2-9H,10H2,1H3,(H,18,21)(H2,19,20,22). The third-order valence-electron chi connectivity index (χ3n) is 2.96. The molecule has 5 nitrogen and oxygen atoms in total. The van der Waals surface area contributed by atoms with E-state index in [0.717, 1.165) is 5.56 Å². The van der Waals surface area contributed by atoms with E-state index < -0.39 is 6.03 Å². The molecule has 0 atom stereocenters. The second-order valence-electron chi connectivity index (χ2n) is 4.63. The molecule has 0 bridgehead atoms. The van der Waals surface area contributed by atoms with Gasteiger partial charge in [0.05, 0.1) is 6.42 Å². The van der Waals surface area contributed by atoms with Crippen molar-refractivity contribution in [3.8, 4) is 0 Å². The summed E-state index contributed by atoms with van der Waals surface area (Å²) in [6.07, 6.45) is 0.290. The number of carbonyl (C=O) groups is 2. The number of anilines is 2. The predicted octanol–water partition coefficient (Wildman–Crippen LogP) is 2.76. The van der Waals surface area contributed by atoms with Gasteiger partial charge >= 0.3 is 6.03 Å². The number of hydrogen-bond acceptors (Lipinski definition) is 2. The Kier molecular flexibility index (Phi) is 5.08. The molecule has 0 fully saturated rings. The van der Waals surface area contributed by atoms with Gasteiger partial charge in [-0.15, -0.1) is 0 Å². The zero-order valence-electron chi connectivity index (χ0n) is 12.0. The summed E-state index contributed by atoms with van der Waals surface area (Å²) in [7, 11) is 1.58. The lowest BCUT2D eigenvalue weighted by Gasteiger charge is -2.08. The van der Waals surface area contributed by atoms with E-state index in [1.165, 1.54) is 24.3 Å². The van der Waals surface area contributed by atoms with Gasteiger partial charge in [0.1, 0.15) is 5.82 Å². The first-order valence-corrected chi connectivity index (χ1v) is 6.70. The van der Waals surface area contributed by atoms with Gasteiger partial charge in [-0.1, -0.05) is 12.1 Å². The third-order valence-corrected chi connectivity index (χ3v) is 2.96. The van der Waals surface area contributed by atoms with Crippen molar-refractivity contribution < 1.29 is 14.0 Å². The number of rotatable bonds is 4. The van der Waals surface area contributed by atoms with E-state index in [9.17, 15) is 14.0 Å². The van der Waals surface area contributed by atoms with E-state index in [1.807, 2.05) is 0 Å². The first-order valence-electron chi connectivity index (χ1n) is 6.70. The summed E-state index contributed by atoms with van der Waals surface area (Å²) in [5.74, 6) is -0.438. The molecule has 6 heteroatoms. The summed E-state index contributed by atoms with van der Waals surface area (Å²) in [6.45, 7) is 0. The van der Waals surface area contributed by atoms with Crippen LogP contribution in [-0.4, -0.2) is 19.0 Å². The van der Waals surface area contributed by atoms with E-state index in [1.54, 1.807) is 31.3 Å². The number of benzene rings is 2. The van der Waals surface area contributed by atoms with E-state index in [0.29, 0.717) is 17.8 Å². The Bertz CT molecular complexity index is 654. The second kappa shape index (κ2) is 7.21. The summed E-state index contributed by atoms with van der Waals surface area (Å²) in [6, 6.07) is 12.0. The van der Waals surface area contributed by atoms with Crippen molar-refractivity contribution in [2.75, 3.05) is 17.7 Å². The molecule has 0 aliphatic rings. The van der Waals surface area contributed by atoms with E-state index in [-0.39, 0.29) is 11.7 Å². The summed E-state index contributed by atoms with van der Waals surface area (Å²) in [5, 5.41) is 7.79. The molecule has 0 radical (unpaired) electrons. The van der Waals surface area contributed by atoms with Crippen LogP contribution in [-0.2, 0) is 11.2 Å². The number of hydrogen-bond donors (Lipinski definition) is 3. The number of carbonyl (C=O) groups excluding carboxylic acids is 2. The predicted molar refractivity (Wildman–Crippen MR) is 83.3 cm³/mol. The first-order chi connectivity index (χ1) is 10.6. The Balaban J connectivity index is 1.91. The van der Waals surface area contributed by atoms with E-state index >= 15 is 0 Å². The van der Waals surface area contributed by atoms with Gasteiger partial charge in [-0.2, -0.15) is 0 Å². The molecule has 0 spiro atoms. The minimum absolute atomic E-state index is 0.0743. The highest BCUT2D eigenvalue weighted by atomic mass is 19.1. The van der Waals surface area contributed by atoms with Gasteiger partial charge in [-0.05, 0) is 42.0 Å². The maximum atomic E-state index is 12.8. The van der Waals surface area contributed by atoms with Crippen LogP contribution in [0.2, 0.25) is 0 Å². The van der Waals surface area contributed by atoms with Gasteiger partial charge in [-0.25, -0.2) is 9.18 Å². The molecule has 22 heavy (non-hydrogen) atoms. The Morgan fingerprint density at radius 1 is 0.909 bits per heavy atom. The van der Waals surface area contributed by atoms with E-state index in [2.05, 4.69) is 16.0 Å². The van der Waals surface area contributed by atoms with Crippen molar-refractivity contribution in [1.29, 1.82) is 0 Å². The SMILES string of the molecule is CNC(=O)Cc1ccc(NC(=O)Nc2ccc(F)cc2)cc1. The fourth-order valence-corrected chi connectivity index (χ4v) is 1.81. The highest BCUT2D eigenvalue weighted by Gasteiger charge is 2.04. The zero-order chi connectivity index (χ0) is 15.9. The molecule has 0 aliphatic heterocycles. The van der Waals surface area contributed by atoms with Crippen LogP contribution in [0.4, 0.5) is 20.6 Å². The van der Waals surface area contributed by atoms with Crippen molar-refractivity contribution in [3.05, 3.63) is 59.9 Å². The summed E-state index contributed by atoms with van der Waals surface area (Å²) >= 11 is 0. The fraction of sp³-hybridized carbons (Fsp3) is 0.125.